The summed E-state index contributed by atoms with van der Waals surface area (Å²) in [6, 6.07) is 4.13. The first-order chi connectivity index (χ1) is 15.0. The van der Waals surface area contributed by atoms with Gasteiger partial charge in [0.2, 0.25) is 5.95 Å². The van der Waals surface area contributed by atoms with Crippen LogP contribution in [0.4, 0.5) is 5.95 Å². The van der Waals surface area contributed by atoms with E-state index in [0.717, 1.165) is 35.1 Å². The fourth-order valence-corrected chi connectivity index (χ4v) is 5.15. The Morgan fingerprint density at radius 3 is 2.71 bits per heavy atom. The molecule has 5 heterocycles. The van der Waals surface area contributed by atoms with Crippen LogP contribution in [0.3, 0.4) is 0 Å². The monoisotopic (exact) mass is 439 g/mol. The molecule has 2 aliphatic heterocycles. The van der Waals surface area contributed by atoms with E-state index in [2.05, 4.69) is 20.3 Å². The first-order valence-electron chi connectivity index (χ1n) is 10.3. The van der Waals surface area contributed by atoms with Crippen LogP contribution in [0.5, 0.6) is 0 Å². The van der Waals surface area contributed by atoms with Gasteiger partial charge >= 0.3 is 0 Å². The molecule has 0 aliphatic carbocycles. The lowest BCUT2D eigenvalue weighted by atomic mass is 10.0. The Morgan fingerprint density at radius 2 is 1.94 bits per heavy atom. The van der Waals surface area contributed by atoms with Crippen molar-refractivity contribution in [3.05, 3.63) is 39.9 Å². The van der Waals surface area contributed by atoms with E-state index in [1.54, 1.807) is 16.3 Å². The Morgan fingerprint density at radius 1 is 1.16 bits per heavy atom. The number of ether oxygens (including phenoxy) is 1. The molecule has 31 heavy (non-hydrogen) atoms. The first kappa shape index (κ1) is 18.9. The molecule has 4 aromatic rings. The van der Waals surface area contributed by atoms with Crippen molar-refractivity contribution >= 4 is 39.5 Å². The van der Waals surface area contributed by atoms with Gasteiger partial charge in [-0.2, -0.15) is 10.1 Å². The Hall–Kier alpha value is -2.88. The Balaban J connectivity index is 1.53. The van der Waals surface area contributed by atoms with Crippen molar-refractivity contribution in [2.24, 2.45) is 14.1 Å². The van der Waals surface area contributed by atoms with Crippen molar-refractivity contribution in [3.63, 3.8) is 0 Å². The first-order valence-corrected chi connectivity index (χ1v) is 10.7. The molecule has 2 N–H and O–H groups in total. The van der Waals surface area contributed by atoms with Gasteiger partial charge in [-0.15, -0.1) is 0 Å². The number of piperazine rings is 1. The summed E-state index contributed by atoms with van der Waals surface area (Å²) in [7, 11) is 3.64. The van der Waals surface area contributed by atoms with E-state index in [1.807, 2.05) is 31.6 Å². The SMILES string of the molecule is Cn1cc2c(Cl)c(-c3c[nH]c4nc(N5C6CNCC5COC6)n(C)c(=O)c34)ccc2n1. The third-order valence-corrected chi connectivity index (χ3v) is 6.72. The van der Waals surface area contributed by atoms with E-state index in [0.29, 0.717) is 35.2 Å². The maximum absolute atomic E-state index is 13.5. The van der Waals surface area contributed by atoms with Gasteiger partial charge in [-0.05, 0) is 6.07 Å². The number of anilines is 1. The number of hydrogen-bond donors (Lipinski definition) is 2. The number of halogens is 1. The van der Waals surface area contributed by atoms with E-state index < -0.39 is 0 Å². The highest BCUT2D eigenvalue weighted by molar-refractivity contribution is 6.38. The Kier molecular flexibility index (Phi) is 4.14. The van der Waals surface area contributed by atoms with Crippen LogP contribution in [0.2, 0.25) is 5.02 Å². The Labute approximate surface area is 182 Å². The number of nitrogens with zero attached hydrogens (tertiary/aromatic N) is 5. The number of aromatic nitrogens is 5. The number of hydrogen-bond acceptors (Lipinski definition) is 6. The van der Waals surface area contributed by atoms with E-state index in [-0.39, 0.29) is 17.6 Å². The molecule has 2 fully saturated rings. The van der Waals surface area contributed by atoms with Crippen LogP contribution in [0.15, 0.2) is 29.3 Å². The Bertz CT molecular complexity index is 1370. The maximum Gasteiger partial charge on any atom is 0.264 e. The lowest BCUT2D eigenvalue weighted by Crippen LogP contribution is -2.65. The van der Waals surface area contributed by atoms with Gasteiger partial charge < -0.3 is 19.9 Å². The van der Waals surface area contributed by atoms with Crippen molar-refractivity contribution in [2.75, 3.05) is 31.2 Å². The van der Waals surface area contributed by atoms with Crippen LogP contribution in [-0.4, -0.2) is 62.7 Å². The quantitative estimate of drug-likeness (QED) is 0.493. The van der Waals surface area contributed by atoms with Crippen LogP contribution in [0.1, 0.15) is 0 Å². The number of aromatic amines is 1. The fraction of sp³-hybridized carbons (Fsp3) is 0.381. The second-order valence-electron chi connectivity index (χ2n) is 8.28. The van der Waals surface area contributed by atoms with Crippen molar-refractivity contribution in [3.8, 4) is 11.1 Å². The smallest absolute Gasteiger partial charge is 0.264 e. The third-order valence-electron chi connectivity index (χ3n) is 6.32. The van der Waals surface area contributed by atoms with Crippen molar-refractivity contribution in [1.29, 1.82) is 0 Å². The summed E-state index contributed by atoms with van der Waals surface area (Å²) in [5.41, 5.74) is 2.81. The van der Waals surface area contributed by atoms with Crippen LogP contribution in [0.25, 0.3) is 33.1 Å². The third kappa shape index (κ3) is 2.73. The molecule has 160 valence electrons. The highest BCUT2D eigenvalue weighted by Crippen LogP contribution is 2.37. The zero-order valence-corrected chi connectivity index (χ0v) is 18.0. The topological polar surface area (TPSA) is 93.0 Å². The van der Waals surface area contributed by atoms with Gasteiger partial charge in [0.05, 0.1) is 41.2 Å². The van der Waals surface area contributed by atoms with Crippen molar-refractivity contribution in [1.82, 2.24) is 29.6 Å². The number of nitrogens with one attached hydrogen (secondary N) is 2. The minimum atomic E-state index is -0.101. The fourth-order valence-electron chi connectivity index (χ4n) is 4.84. The maximum atomic E-state index is 13.5. The van der Waals surface area contributed by atoms with Crippen LogP contribution in [0, 0.1) is 0 Å². The lowest BCUT2D eigenvalue weighted by Gasteiger charge is -2.46. The van der Waals surface area contributed by atoms with Crippen molar-refractivity contribution < 1.29 is 4.74 Å². The molecule has 3 aromatic heterocycles. The van der Waals surface area contributed by atoms with Gasteiger partial charge in [0.15, 0.2) is 0 Å². The van der Waals surface area contributed by atoms with Gasteiger partial charge in [0.25, 0.3) is 5.56 Å². The van der Waals surface area contributed by atoms with Crippen LogP contribution in [-0.2, 0) is 18.8 Å². The summed E-state index contributed by atoms with van der Waals surface area (Å²) in [6.07, 6.45) is 3.70. The zero-order chi connectivity index (χ0) is 21.3. The molecule has 0 saturated carbocycles. The molecule has 10 heteroatoms. The molecule has 9 nitrogen and oxygen atoms in total. The number of H-pyrrole nitrogens is 1. The average Bonchev–Trinajstić information content (AvgIpc) is 3.34. The molecule has 0 amide bonds. The summed E-state index contributed by atoms with van der Waals surface area (Å²) < 4.78 is 9.11. The molecule has 2 aliphatic rings. The molecule has 2 atom stereocenters. The molecule has 2 bridgehead atoms. The number of aryl methyl sites for hydroxylation is 1. The molecule has 6 rings (SSSR count). The van der Waals surface area contributed by atoms with Gasteiger partial charge in [-0.1, -0.05) is 17.7 Å². The number of rotatable bonds is 2. The van der Waals surface area contributed by atoms with E-state index in [4.69, 9.17) is 21.3 Å². The van der Waals surface area contributed by atoms with Crippen LogP contribution < -0.4 is 15.8 Å². The predicted molar refractivity (Wildman–Crippen MR) is 120 cm³/mol. The second kappa shape index (κ2) is 6.81. The molecular formula is C21H22ClN7O2. The van der Waals surface area contributed by atoms with E-state index in [1.165, 1.54) is 0 Å². The highest BCUT2D eigenvalue weighted by Gasteiger charge is 2.37. The number of fused-ring (bicyclic) bond motifs is 4. The molecule has 2 unspecified atom stereocenters. The summed E-state index contributed by atoms with van der Waals surface area (Å²) in [6.45, 7) is 2.85. The minimum Gasteiger partial charge on any atom is -0.377 e. The normalized spacial score (nSPS) is 21.3. The highest BCUT2D eigenvalue weighted by atomic mass is 35.5. The van der Waals surface area contributed by atoms with Gasteiger partial charge in [0, 0.05) is 56.1 Å². The molecular weight excluding hydrogens is 418 g/mol. The molecule has 1 aromatic carbocycles. The van der Waals surface area contributed by atoms with Gasteiger partial charge in [-0.25, -0.2) is 0 Å². The van der Waals surface area contributed by atoms with Gasteiger partial charge in [0.1, 0.15) is 5.65 Å². The molecule has 2 saturated heterocycles. The summed E-state index contributed by atoms with van der Waals surface area (Å²) in [5.74, 6) is 0.666. The van der Waals surface area contributed by atoms with E-state index >= 15 is 0 Å². The van der Waals surface area contributed by atoms with Crippen LogP contribution >= 0.6 is 11.6 Å². The molecule has 0 spiro atoms. The van der Waals surface area contributed by atoms with E-state index in [9.17, 15) is 4.79 Å². The average molecular weight is 440 g/mol. The standard InChI is InChI=1S/C21H22ClN7O2/c1-27-8-15-16(26-27)4-3-13(18(15)22)14-7-24-19-17(14)20(30)28(2)21(25-19)29-11-5-23-6-12(29)10-31-9-11/h3-4,7-8,11-12,23-24H,5-6,9-10H2,1-2H3. The summed E-state index contributed by atoms with van der Waals surface area (Å²) in [5, 5.41) is 9.81. The number of benzene rings is 1. The second-order valence-corrected chi connectivity index (χ2v) is 8.65. The number of morpholine rings is 1. The van der Waals surface area contributed by atoms with Gasteiger partial charge in [-0.3, -0.25) is 14.0 Å². The summed E-state index contributed by atoms with van der Waals surface area (Å²) in [4.78, 5) is 23.8. The van der Waals surface area contributed by atoms with Crippen molar-refractivity contribution in [2.45, 2.75) is 12.1 Å². The summed E-state index contributed by atoms with van der Waals surface area (Å²) >= 11 is 6.73. The molecule has 0 radical (unpaired) electrons. The predicted octanol–water partition coefficient (Wildman–Crippen LogP) is 1.65. The largest absolute Gasteiger partial charge is 0.377 e. The lowest BCUT2D eigenvalue weighted by molar-refractivity contribution is 0.0513. The minimum absolute atomic E-state index is 0.101. The zero-order valence-electron chi connectivity index (χ0n) is 17.2.